The fourth-order valence-electron chi connectivity index (χ4n) is 2.86. The van der Waals surface area contributed by atoms with E-state index >= 15 is 0 Å². The van der Waals surface area contributed by atoms with Crippen molar-refractivity contribution in [1.82, 2.24) is 0 Å². The topological polar surface area (TPSA) is 61.8 Å². The SMILES string of the molecule is CCCOc1ccc(Br)cc1C(=O)Oc1ccccc1C(=O)OCCc1ccccc1. The summed E-state index contributed by atoms with van der Waals surface area (Å²) in [4.78, 5) is 25.4. The molecule has 160 valence electrons. The zero-order valence-electron chi connectivity index (χ0n) is 17.2. The zero-order chi connectivity index (χ0) is 22.1. The standard InChI is InChI=1S/C25H23BrO5/c1-2-15-29-22-13-12-19(26)17-21(22)25(28)31-23-11-7-6-10-20(23)24(27)30-16-14-18-8-4-3-5-9-18/h3-13,17H,2,14-16H2,1H3. The molecule has 0 N–H and O–H groups in total. The maximum atomic E-state index is 12.8. The first-order chi connectivity index (χ1) is 15.1. The molecule has 0 spiro atoms. The van der Waals surface area contributed by atoms with Crippen molar-refractivity contribution in [2.45, 2.75) is 19.8 Å². The highest BCUT2D eigenvalue weighted by Crippen LogP contribution is 2.27. The van der Waals surface area contributed by atoms with E-state index < -0.39 is 11.9 Å². The highest BCUT2D eigenvalue weighted by Gasteiger charge is 2.20. The Balaban J connectivity index is 1.71. The number of carbonyl (C=O) groups is 2. The maximum absolute atomic E-state index is 12.8. The molecule has 3 aromatic carbocycles. The van der Waals surface area contributed by atoms with Gasteiger partial charge in [-0.2, -0.15) is 0 Å². The van der Waals surface area contributed by atoms with E-state index in [1.165, 1.54) is 0 Å². The van der Waals surface area contributed by atoms with Crippen LogP contribution in [0.25, 0.3) is 0 Å². The van der Waals surface area contributed by atoms with Crippen molar-refractivity contribution in [2.75, 3.05) is 13.2 Å². The number of esters is 2. The molecule has 0 bridgehead atoms. The van der Waals surface area contributed by atoms with Gasteiger partial charge in [-0.25, -0.2) is 9.59 Å². The minimum absolute atomic E-state index is 0.138. The summed E-state index contributed by atoms with van der Waals surface area (Å²) in [7, 11) is 0. The van der Waals surface area contributed by atoms with Crippen molar-refractivity contribution >= 4 is 27.9 Å². The molecule has 0 unspecified atom stereocenters. The Labute approximate surface area is 190 Å². The van der Waals surface area contributed by atoms with E-state index in [9.17, 15) is 9.59 Å². The Morgan fingerprint density at radius 2 is 1.55 bits per heavy atom. The average Bonchev–Trinajstić information content (AvgIpc) is 2.79. The van der Waals surface area contributed by atoms with Gasteiger partial charge in [0, 0.05) is 10.9 Å². The summed E-state index contributed by atoms with van der Waals surface area (Å²) in [6, 6.07) is 21.4. The van der Waals surface area contributed by atoms with Gasteiger partial charge in [-0.3, -0.25) is 0 Å². The molecule has 0 aliphatic carbocycles. The third-order valence-corrected chi connectivity index (χ3v) is 4.89. The van der Waals surface area contributed by atoms with Gasteiger partial charge >= 0.3 is 11.9 Å². The summed E-state index contributed by atoms with van der Waals surface area (Å²) in [5.74, 6) is -0.593. The van der Waals surface area contributed by atoms with Gasteiger partial charge < -0.3 is 14.2 Å². The number of halogens is 1. The molecule has 0 saturated carbocycles. The van der Waals surface area contributed by atoms with Crippen molar-refractivity contribution < 1.29 is 23.8 Å². The van der Waals surface area contributed by atoms with Gasteiger partial charge in [-0.15, -0.1) is 0 Å². The van der Waals surface area contributed by atoms with Crippen LogP contribution in [0.3, 0.4) is 0 Å². The van der Waals surface area contributed by atoms with Crippen LogP contribution in [0.1, 0.15) is 39.6 Å². The molecule has 0 saturated heterocycles. The number of para-hydroxylation sites is 1. The van der Waals surface area contributed by atoms with Gasteiger partial charge in [-0.1, -0.05) is 65.3 Å². The summed E-state index contributed by atoms with van der Waals surface area (Å²) in [5.41, 5.74) is 1.54. The monoisotopic (exact) mass is 482 g/mol. The first-order valence-electron chi connectivity index (χ1n) is 10.0. The molecule has 0 heterocycles. The molecule has 0 fully saturated rings. The van der Waals surface area contributed by atoms with E-state index in [2.05, 4.69) is 15.9 Å². The lowest BCUT2D eigenvalue weighted by molar-refractivity contribution is 0.0503. The summed E-state index contributed by atoms with van der Waals surface area (Å²) in [6.45, 7) is 2.69. The van der Waals surface area contributed by atoms with E-state index in [0.29, 0.717) is 18.8 Å². The van der Waals surface area contributed by atoms with Crippen LogP contribution in [0.4, 0.5) is 0 Å². The lowest BCUT2D eigenvalue weighted by Gasteiger charge is -2.13. The van der Waals surface area contributed by atoms with Gasteiger partial charge in [0.15, 0.2) is 0 Å². The van der Waals surface area contributed by atoms with Gasteiger partial charge in [0.1, 0.15) is 22.6 Å². The second kappa shape index (κ2) is 11.3. The number of benzene rings is 3. The summed E-state index contributed by atoms with van der Waals surface area (Å²) < 4.78 is 17.3. The van der Waals surface area contributed by atoms with Crippen LogP contribution in [-0.4, -0.2) is 25.2 Å². The van der Waals surface area contributed by atoms with E-state index in [4.69, 9.17) is 14.2 Å². The maximum Gasteiger partial charge on any atom is 0.347 e. The Kier molecular flexibility index (Phi) is 8.24. The number of hydrogen-bond donors (Lipinski definition) is 0. The molecule has 3 rings (SSSR count). The molecule has 6 heteroatoms. The van der Waals surface area contributed by atoms with Crippen LogP contribution in [-0.2, 0) is 11.2 Å². The molecule has 3 aromatic rings. The number of hydrogen-bond acceptors (Lipinski definition) is 5. The van der Waals surface area contributed by atoms with E-state index in [-0.39, 0.29) is 23.5 Å². The fourth-order valence-corrected chi connectivity index (χ4v) is 3.22. The molecule has 0 radical (unpaired) electrons. The van der Waals surface area contributed by atoms with Gasteiger partial charge in [-0.05, 0) is 42.3 Å². The van der Waals surface area contributed by atoms with Crippen molar-refractivity contribution in [2.24, 2.45) is 0 Å². The predicted octanol–water partition coefficient (Wildman–Crippen LogP) is 5.86. The molecular formula is C25H23BrO5. The third kappa shape index (κ3) is 6.43. The highest BCUT2D eigenvalue weighted by atomic mass is 79.9. The Morgan fingerprint density at radius 3 is 2.32 bits per heavy atom. The number of ether oxygens (including phenoxy) is 3. The van der Waals surface area contributed by atoms with Crippen molar-refractivity contribution in [3.63, 3.8) is 0 Å². The van der Waals surface area contributed by atoms with Crippen LogP contribution < -0.4 is 9.47 Å². The normalized spacial score (nSPS) is 10.4. The molecule has 0 atom stereocenters. The van der Waals surface area contributed by atoms with Crippen LogP contribution in [0.2, 0.25) is 0 Å². The molecule has 31 heavy (non-hydrogen) atoms. The Bertz CT molecular complexity index is 1030. The predicted molar refractivity (Wildman–Crippen MR) is 122 cm³/mol. The lowest BCUT2D eigenvalue weighted by Crippen LogP contribution is -2.15. The fraction of sp³-hybridized carbons (Fsp3) is 0.200. The summed E-state index contributed by atoms with van der Waals surface area (Å²) in [6.07, 6.45) is 1.41. The molecule has 0 aliphatic rings. The summed E-state index contributed by atoms with van der Waals surface area (Å²) >= 11 is 3.37. The first-order valence-corrected chi connectivity index (χ1v) is 10.8. The molecule has 5 nitrogen and oxygen atoms in total. The Hall–Kier alpha value is -3.12. The molecule has 0 aromatic heterocycles. The Morgan fingerprint density at radius 1 is 0.806 bits per heavy atom. The minimum atomic E-state index is -0.614. The van der Waals surface area contributed by atoms with Gasteiger partial charge in [0.05, 0.1) is 13.2 Å². The largest absolute Gasteiger partial charge is 0.493 e. The van der Waals surface area contributed by atoms with Crippen LogP contribution >= 0.6 is 15.9 Å². The van der Waals surface area contributed by atoms with Crippen LogP contribution in [0.5, 0.6) is 11.5 Å². The smallest absolute Gasteiger partial charge is 0.347 e. The van der Waals surface area contributed by atoms with Gasteiger partial charge in [0.25, 0.3) is 0 Å². The number of carbonyl (C=O) groups excluding carboxylic acids is 2. The molecule has 0 aliphatic heterocycles. The van der Waals surface area contributed by atoms with E-state index in [0.717, 1.165) is 16.5 Å². The second-order valence-corrected chi connectivity index (χ2v) is 7.66. The minimum Gasteiger partial charge on any atom is -0.493 e. The lowest BCUT2D eigenvalue weighted by atomic mass is 10.1. The van der Waals surface area contributed by atoms with E-state index in [1.54, 1.807) is 42.5 Å². The quantitative estimate of drug-likeness (QED) is 0.282. The van der Waals surface area contributed by atoms with Crippen molar-refractivity contribution in [1.29, 1.82) is 0 Å². The average molecular weight is 483 g/mol. The highest BCUT2D eigenvalue weighted by molar-refractivity contribution is 9.10. The van der Waals surface area contributed by atoms with Crippen LogP contribution in [0, 0.1) is 0 Å². The second-order valence-electron chi connectivity index (χ2n) is 6.75. The number of rotatable bonds is 9. The van der Waals surface area contributed by atoms with Crippen LogP contribution in [0.15, 0.2) is 77.3 Å². The van der Waals surface area contributed by atoms with Crippen molar-refractivity contribution in [3.05, 3.63) is 94.0 Å². The van der Waals surface area contributed by atoms with E-state index in [1.807, 2.05) is 37.3 Å². The zero-order valence-corrected chi connectivity index (χ0v) is 18.8. The summed E-state index contributed by atoms with van der Waals surface area (Å²) in [5, 5.41) is 0. The van der Waals surface area contributed by atoms with Gasteiger partial charge in [0.2, 0.25) is 0 Å². The first kappa shape index (κ1) is 22.6. The van der Waals surface area contributed by atoms with Crippen molar-refractivity contribution in [3.8, 4) is 11.5 Å². The molecule has 0 amide bonds. The third-order valence-electron chi connectivity index (χ3n) is 4.40. The molecular weight excluding hydrogens is 460 g/mol.